The van der Waals surface area contributed by atoms with Gasteiger partial charge >= 0.3 is 11.4 Å². The summed E-state index contributed by atoms with van der Waals surface area (Å²) in [7, 11) is 0. The monoisotopic (exact) mass is 388 g/mol. The summed E-state index contributed by atoms with van der Waals surface area (Å²) < 4.78 is 5.05. The zero-order valence-electron chi connectivity index (χ0n) is 14.6. The van der Waals surface area contributed by atoms with Crippen molar-refractivity contribution in [1.82, 2.24) is 0 Å². The lowest BCUT2D eigenvalue weighted by molar-refractivity contribution is -0.115. The molecule has 4 N–H and O–H groups in total. The van der Waals surface area contributed by atoms with Crippen molar-refractivity contribution in [3.63, 3.8) is 0 Å². The second-order valence-electron chi connectivity index (χ2n) is 6.25. The number of hydrogen-bond acceptors (Lipinski definition) is 5. The summed E-state index contributed by atoms with van der Waals surface area (Å²) in [6.07, 6.45) is 5.53. The van der Waals surface area contributed by atoms with E-state index in [0.717, 1.165) is 35.1 Å². The Bertz CT molecular complexity index is 847. The number of fused-ring (bicyclic) bond motifs is 3. The van der Waals surface area contributed by atoms with Crippen molar-refractivity contribution in [3.8, 4) is 0 Å². The molecule has 7 nitrogen and oxygen atoms in total. The molecule has 0 heterocycles. The van der Waals surface area contributed by atoms with Gasteiger partial charge in [-0.3, -0.25) is 4.79 Å². The summed E-state index contributed by atoms with van der Waals surface area (Å²) in [5.41, 5.74) is 10.1. The number of nitrogens with two attached hydrogens (primary N) is 1. The Morgan fingerprint density at radius 2 is 2.04 bits per heavy atom. The number of nitrogens with one attached hydrogen (secondary N) is 1. The van der Waals surface area contributed by atoms with Crippen LogP contribution in [0.4, 0.5) is 15.3 Å². The first-order valence-electron chi connectivity index (χ1n) is 8.58. The second kappa shape index (κ2) is 8.30. The molecule has 0 spiro atoms. The van der Waals surface area contributed by atoms with Crippen molar-refractivity contribution in [2.24, 2.45) is 5.73 Å². The molecule has 2 aliphatic carbocycles. The van der Waals surface area contributed by atoms with Gasteiger partial charge in [-0.1, -0.05) is 18.2 Å². The van der Waals surface area contributed by atoms with Gasteiger partial charge in [0.1, 0.15) is 6.61 Å². The Hall–Kier alpha value is -2.74. The van der Waals surface area contributed by atoms with Gasteiger partial charge in [-0.15, -0.1) is 0 Å². The number of carboxylic acid groups (broad SMARTS) is 1. The van der Waals surface area contributed by atoms with E-state index in [1.54, 1.807) is 0 Å². The third kappa shape index (κ3) is 4.51. The van der Waals surface area contributed by atoms with E-state index in [4.69, 9.17) is 15.6 Å². The van der Waals surface area contributed by atoms with E-state index >= 15 is 0 Å². The number of amides is 2. The van der Waals surface area contributed by atoms with Gasteiger partial charge in [0, 0.05) is 23.8 Å². The first kappa shape index (κ1) is 19.0. The first-order chi connectivity index (χ1) is 13.0. The molecule has 0 aromatic heterocycles. The lowest BCUT2D eigenvalue weighted by atomic mass is 9.93. The van der Waals surface area contributed by atoms with E-state index in [2.05, 4.69) is 17.5 Å². The third-order valence-corrected chi connectivity index (χ3v) is 5.17. The van der Waals surface area contributed by atoms with E-state index < -0.39 is 11.4 Å². The van der Waals surface area contributed by atoms with Gasteiger partial charge in [0.2, 0.25) is 5.91 Å². The van der Waals surface area contributed by atoms with E-state index in [-0.39, 0.29) is 30.6 Å². The van der Waals surface area contributed by atoms with Gasteiger partial charge < -0.3 is 20.9 Å². The van der Waals surface area contributed by atoms with Crippen LogP contribution in [0.1, 0.15) is 36.3 Å². The van der Waals surface area contributed by atoms with Crippen molar-refractivity contribution in [2.45, 2.75) is 25.2 Å². The van der Waals surface area contributed by atoms with Crippen LogP contribution < -0.4 is 11.1 Å². The number of anilines is 1. The number of primary amides is 1. The van der Waals surface area contributed by atoms with E-state index in [9.17, 15) is 14.4 Å². The standard InChI is InChI=1S/C19H20N2O5S/c20-18(23)26-10-16-13-4-2-1-3-12(13)14-6-5-11(9-15(14)16)21-17(22)7-8-27-19(24)25/h3-6,9,16H,1-2,7-8,10H2,(H2,20,23)(H,21,22)(H,24,25). The fraction of sp³-hybridized carbons (Fsp3) is 0.316. The van der Waals surface area contributed by atoms with Gasteiger partial charge in [-0.2, -0.15) is 0 Å². The van der Waals surface area contributed by atoms with Crippen LogP contribution in [0.2, 0.25) is 0 Å². The molecule has 27 heavy (non-hydrogen) atoms. The quantitative estimate of drug-likeness (QED) is 0.683. The maximum absolute atomic E-state index is 12.0. The molecule has 8 heteroatoms. The number of thioether (sulfide) groups is 1. The molecule has 0 saturated heterocycles. The minimum Gasteiger partial charge on any atom is -0.473 e. The number of hydrogen-bond donors (Lipinski definition) is 3. The molecule has 2 amide bonds. The maximum atomic E-state index is 12.0. The first-order valence-corrected chi connectivity index (χ1v) is 9.57. The van der Waals surface area contributed by atoms with E-state index in [0.29, 0.717) is 17.4 Å². The summed E-state index contributed by atoms with van der Waals surface area (Å²) in [5, 5.41) is 10.4. The lowest BCUT2D eigenvalue weighted by Gasteiger charge is -2.16. The number of ether oxygens (including phenoxy) is 1. The Morgan fingerprint density at radius 1 is 1.26 bits per heavy atom. The molecule has 0 aliphatic heterocycles. The molecule has 0 fully saturated rings. The fourth-order valence-corrected chi connectivity index (χ4v) is 3.89. The number of carbonyl (C=O) groups is 3. The van der Waals surface area contributed by atoms with Gasteiger partial charge in [-0.25, -0.2) is 9.59 Å². The van der Waals surface area contributed by atoms with Crippen LogP contribution in [0.15, 0.2) is 35.9 Å². The molecule has 0 saturated carbocycles. The Balaban J connectivity index is 1.78. The number of allylic oxidation sites excluding steroid dienone is 3. The van der Waals surface area contributed by atoms with Gasteiger partial charge in [-0.05, 0) is 59.0 Å². The van der Waals surface area contributed by atoms with Crippen molar-refractivity contribution in [2.75, 3.05) is 17.7 Å². The van der Waals surface area contributed by atoms with Gasteiger partial charge in [0.05, 0.1) is 0 Å². The molecule has 142 valence electrons. The predicted molar refractivity (Wildman–Crippen MR) is 104 cm³/mol. The highest BCUT2D eigenvalue weighted by molar-refractivity contribution is 8.13. The van der Waals surface area contributed by atoms with Crippen molar-refractivity contribution < 1.29 is 24.2 Å². The SMILES string of the molecule is NC(=O)OCC1C2=CCCC=C2c2ccc(NC(=O)CCSC(=O)O)cc21. The molecule has 1 atom stereocenters. The largest absolute Gasteiger partial charge is 0.473 e. The summed E-state index contributed by atoms with van der Waals surface area (Å²) >= 11 is 0.694. The number of carbonyl (C=O) groups excluding carboxylic acids is 2. The van der Waals surface area contributed by atoms with Gasteiger partial charge in [0.15, 0.2) is 0 Å². The summed E-state index contributed by atoms with van der Waals surface area (Å²) in [6, 6.07) is 5.66. The van der Waals surface area contributed by atoms with Crippen molar-refractivity contribution >= 4 is 40.3 Å². The molecular weight excluding hydrogens is 368 g/mol. The highest BCUT2D eigenvalue weighted by Crippen LogP contribution is 2.48. The average molecular weight is 388 g/mol. The smallest absolute Gasteiger partial charge is 0.404 e. The average Bonchev–Trinajstić information content (AvgIpc) is 2.92. The van der Waals surface area contributed by atoms with E-state index in [1.165, 1.54) is 0 Å². The number of benzene rings is 1. The second-order valence-corrected chi connectivity index (χ2v) is 7.30. The van der Waals surface area contributed by atoms with Crippen LogP contribution in [0, 0.1) is 0 Å². The van der Waals surface area contributed by atoms with Crippen LogP contribution >= 0.6 is 11.8 Å². The molecule has 0 radical (unpaired) electrons. The number of rotatable bonds is 6. The Labute approximate surface area is 160 Å². The van der Waals surface area contributed by atoms with Crippen molar-refractivity contribution in [1.29, 1.82) is 0 Å². The minimum absolute atomic E-state index is 0.110. The maximum Gasteiger partial charge on any atom is 0.404 e. The summed E-state index contributed by atoms with van der Waals surface area (Å²) in [5.74, 6) is -0.151. The highest BCUT2D eigenvalue weighted by atomic mass is 32.2. The lowest BCUT2D eigenvalue weighted by Crippen LogP contribution is -2.18. The molecule has 3 rings (SSSR count). The zero-order valence-corrected chi connectivity index (χ0v) is 15.4. The van der Waals surface area contributed by atoms with Crippen LogP contribution in [0.5, 0.6) is 0 Å². The third-order valence-electron chi connectivity index (χ3n) is 4.51. The van der Waals surface area contributed by atoms with Crippen LogP contribution in [-0.4, -0.2) is 34.8 Å². The van der Waals surface area contributed by atoms with Crippen LogP contribution in [0.3, 0.4) is 0 Å². The molecule has 1 unspecified atom stereocenters. The molecule has 1 aromatic rings. The Morgan fingerprint density at radius 3 is 2.78 bits per heavy atom. The molecular formula is C19H20N2O5S. The van der Waals surface area contributed by atoms with Crippen LogP contribution in [-0.2, 0) is 9.53 Å². The normalized spacial score (nSPS) is 17.3. The topological polar surface area (TPSA) is 119 Å². The molecule has 0 bridgehead atoms. The highest BCUT2D eigenvalue weighted by Gasteiger charge is 2.33. The van der Waals surface area contributed by atoms with E-state index in [1.807, 2.05) is 18.2 Å². The Kier molecular flexibility index (Phi) is 5.85. The fourth-order valence-electron chi connectivity index (χ4n) is 3.43. The zero-order chi connectivity index (χ0) is 19.4. The molecule has 1 aromatic carbocycles. The summed E-state index contributed by atoms with van der Waals surface area (Å²) in [4.78, 5) is 33.6. The summed E-state index contributed by atoms with van der Waals surface area (Å²) in [6.45, 7) is 0.151. The molecule has 2 aliphatic rings. The minimum atomic E-state index is -0.998. The predicted octanol–water partition coefficient (Wildman–Crippen LogP) is 3.72. The van der Waals surface area contributed by atoms with Gasteiger partial charge in [0.25, 0.3) is 0 Å². The van der Waals surface area contributed by atoms with Crippen molar-refractivity contribution in [3.05, 3.63) is 47.1 Å². The van der Waals surface area contributed by atoms with Crippen LogP contribution in [0.25, 0.3) is 5.57 Å².